The molecule has 0 saturated carbocycles. The van der Waals surface area contributed by atoms with Crippen LogP contribution in [0.25, 0.3) is 0 Å². The second-order valence-electron chi connectivity index (χ2n) is 5.79. The SMILES string of the molecule is COc1ccc(NC(=O)CCNS(=O)(=O)c2ccc(C)c(C)c2)cc1Cl. The van der Waals surface area contributed by atoms with Crippen LogP contribution in [0.3, 0.4) is 0 Å². The monoisotopic (exact) mass is 396 g/mol. The molecule has 6 nitrogen and oxygen atoms in total. The van der Waals surface area contributed by atoms with Crippen LogP contribution in [-0.2, 0) is 14.8 Å². The maximum absolute atomic E-state index is 12.3. The summed E-state index contributed by atoms with van der Waals surface area (Å²) in [6.07, 6.45) is -0.00623. The molecule has 8 heteroatoms. The quantitative estimate of drug-likeness (QED) is 0.752. The molecule has 0 aliphatic carbocycles. The van der Waals surface area contributed by atoms with Gasteiger partial charge in [0.15, 0.2) is 0 Å². The first-order valence-corrected chi connectivity index (χ1v) is 9.79. The third kappa shape index (κ3) is 5.20. The maximum Gasteiger partial charge on any atom is 0.240 e. The van der Waals surface area contributed by atoms with Crippen LogP contribution in [0.2, 0.25) is 5.02 Å². The highest BCUT2D eigenvalue weighted by Crippen LogP contribution is 2.27. The molecule has 0 radical (unpaired) electrons. The summed E-state index contributed by atoms with van der Waals surface area (Å²) in [5.41, 5.74) is 2.42. The molecule has 0 unspecified atom stereocenters. The van der Waals surface area contributed by atoms with E-state index in [1.165, 1.54) is 7.11 Å². The van der Waals surface area contributed by atoms with E-state index in [2.05, 4.69) is 10.0 Å². The number of rotatable bonds is 7. The third-order valence-electron chi connectivity index (χ3n) is 3.87. The lowest BCUT2D eigenvalue weighted by Gasteiger charge is -2.10. The van der Waals surface area contributed by atoms with Gasteiger partial charge in [0.1, 0.15) is 5.75 Å². The van der Waals surface area contributed by atoms with Crippen molar-refractivity contribution in [2.24, 2.45) is 0 Å². The Labute approximate surface area is 158 Å². The van der Waals surface area contributed by atoms with E-state index in [4.69, 9.17) is 16.3 Å². The molecule has 1 amide bonds. The zero-order valence-electron chi connectivity index (χ0n) is 14.8. The number of amides is 1. The van der Waals surface area contributed by atoms with Gasteiger partial charge >= 0.3 is 0 Å². The van der Waals surface area contributed by atoms with Gasteiger partial charge in [-0.05, 0) is 55.3 Å². The number of methoxy groups -OCH3 is 1. The molecule has 0 atom stereocenters. The summed E-state index contributed by atoms with van der Waals surface area (Å²) in [7, 11) is -2.15. The van der Waals surface area contributed by atoms with Crippen molar-refractivity contribution in [1.29, 1.82) is 0 Å². The third-order valence-corrected chi connectivity index (χ3v) is 5.62. The van der Waals surface area contributed by atoms with E-state index in [9.17, 15) is 13.2 Å². The number of hydrogen-bond donors (Lipinski definition) is 2. The Bertz CT molecular complexity index is 913. The summed E-state index contributed by atoms with van der Waals surface area (Å²) in [6.45, 7) is 3.75. The van der Waals surface area contributed by atoms with Gasteiger partial charge < -0.3 is 10.1 Å². The van der Waals surface area contributed by atoms with Gasteiger partial charge in [-0.15, -0.1) is 0 Å². The van der Waals surface area contributed by atoms with Crippen molar-refractivity contribution in [1.82, 2.24) is 4.72 Å². The van der Waals surface area contributed by atoms with E-state index in [0.717, 1.165) is 11.1 Å². The first kappa shape index (κ1) is 20.2. The molecule has 140 valence electrons. The molecular formula is C18H21ClN2O4S. The second kappa shape index (κ2) is 8.53. The van der Waals surface area contributed by atoms with Crippen LogP contribution >= 0.6 is 11.6 Å². The normalized spacial score (nSPS) is 11.2. The van der Waals surface area contributed by atoms with Gasteiger partial charge in [0.2, 0.25) is 15.9 Å². The molecule has 0 aliphatic heterocycles. The number of ether oxygens (including phenoxy) is 1. The molecule has 0 bridgehead atoms. The van der Waals surface area contributed by atoms with Gasteiger partial charge in [0.25, 0.3) is 0 Å². The molecule has 0 saturated heterocycles. The molecule has 2 N–H and O–H groups in total. The highest BCUT2D eigenvalue weighted by atomic mass is 35.5. The zero-order chi connectivity index (χ0) is 19.3. The molecule has 0 aliphatic rings. The summed E-state index contributed by atoms with van der Waals surface area (Å²) in [5, 5.41) is 3.04. The minimum atomic E-state index is -3.65. The topological polar surface area (TPSA) is 84.5 Å². The largest absolute Gasteiger partial charge is 0.495 e. The van der Waals surface area contributed by atoms with Gasteiger partial charge in [0, 0.05) is 18.7 Å². The van der Waals surface area contributed by atoms with Crippen molar-refractivity contribution in [3.8, 4) is 5.75 Å². The number of halogens is 1. The fraction of sp³-hybridized carbons (Fsp3) is 0.278. The molecule has 2 aromatic carbocycles. The number of sulfonamides is 1. The predicted octanol–water partition coefficient (Wildman–Crippen LogP) is 3.27. The number of carbonyl (C=O) groups is 1. The molecule has 2 aromatic rings. The number of benzene rings is 2. The van der Waals surface area contributed by atoms with Gasteiger partial charge in [0.05, 0.1) is 17.0 Å². The lowest BCUT2D eigenvalue weighted by molar-refractivity contribution is -0.116. The summed E-state index contributed by atoms with van der Waals surface area (Å²) >= 11 is 6.00. The lowest BCUT2D eigenvalue weighted by Crippen LogP contribution is -2.28. The highest BCUT2D eigenvalue weighted by Gasteiger charge is 2.15. The highest BCUT2D eigenvalue weighted by molar-refractivity contribution is 7.89. The molecule has 0 aromatic heterocycles. The van der Waals surface area contributed by atoms with Crippen LogP contribution in [0.15, 0.2) is 41.3 Å². The van der Waals surface area contributed by atoms with Gasteiger partial charge in [-0.25, -0.2) is 13.1 Å². The minimum absolute atomic E-state index is 0.00623. The van der Waals surface area contributed by atoms with E-state index in [1.54, 1.807) is 36.4 Å². The van der Waals surface area contributed by atoms with E-state index < -0.39 is 10.0 Å². The lowest BCUT2D eigenvalue weighted by atomic mass is 10.1. The Hall–Kier alpha value is -2.09. The number of hydrogen-bond acceptors (Lipinski definition) is 4. The zero-order valence-corrected chi connectivity index (χ0v) is 16.4. The van der Waals surface area contributed by atoms with Crippen molar-refractivity contribution in [3.05, 3.63) is 52.5 Å². The Morgan fingerprint density at radius 3 is 2.46 bits per heavy atom. The van der Waals surface area contributed by atoms with Crippen LogP contribution in [0, 0.1) is 13.8 Å². The summed E-state index contributed by atoms with van der Waals surface area (Å²) < 4.78 is 32.0. The van der Waals surface area contributed by atoms with Gasteiger partial charge in [-0.2, -0.15) is 0 Å². The summed E-state index contributed by atoms with van der Waals surface area (Å²) in [6, 6.07) is 9.77. The Kier molecular flexibility index (Phi) is 6.63. The average molecular weight is 397 g/mol. The molecule has 26 heavy (non-hydrogen) atoms. The van der Waals surface area contributed by atoms with Crippen LogP contribution in [0.1, 0.15) is 17.5 Å². The molecule has 0 heterocycles. The summed E-state index contributed by atoms with van der Waals surface area (Å²) in [5.74, 6) is 0.180. The smallest absolute Gasteiger partial charge is 0.240 e. The number of aryl methyl sites for hydroxylation is 2. The Morgan fingerprint density at radius 1 is 1.12 bits per heavy atom. The standard InChI is InChI=1S/C18H21ClN2O4S/c1-12-4-6-15(10-13(12)2)26(23,24)20-9-8-18(22)21-14-5-7-17(25-3)16(19)11-14/h4-7,10-11,20H,8-9H2,1-3H3,(H,21,22). The van der Waals surface area contributed by atoms with Crippen molar-refractivity contribution in [3.63, 3.8) is 0 Å². The van der Waals surface area contributed by atoms with Crippen molar-refractivity contribution in [2.45, 2.75) is 25.2 Å². The van der Waals surface area contributed by atoms with E-state index in [1.807, 2.05) is 13.8 Å². The maximum atomic E-state index is 12.3. The second-order valence-corrected chi connectivity index (χ2v) is 7.97. The summed E-state index contributed by atoms with van der Waals surface area (Å²) in [4.78, 5) is 12.2. The predicted molar refractivity (Wildman–Crippen MR) is 102 cm³/mol. The number of nitrogens with one attached hydrogen (secondary N) is 2. The fourth-order valence-electron chi connectivity index (χ4n) is 2.23. The molecular weight excluding hydrogens is 376 g/mol. The van der Waals surface area contributed by atoms with Gasteiger partial charge in [-0.3, -0.25) is 4.79 Å². The van der Waals surface area contributed by atoms with E-state index >= 15 is 0 Å². The molecule has 0 fully saturated rings. The van der Waals surface area contributed by atoms with Crippen LogP contribution in [0.5, 0.6) is 5.75 Å². The Morgan fingerprint density at radius 2 is 1.85 bits per heavy atom. The van der Waals surface area contributed by atoms with Crippen molar-refractivity contribution >= 4 is 33.2 Å². The fourth-order valence-corrected chi connectivity index (χ4v) is 3.61. The van der Waals surface area contributed by atoms with Crippen LogP contribution < -0.4 is 14.8 Å². The van der Waals surface area contributed by atoms with Crippen LogP contribution in [-0.4, -0.2) is 28.0 Å². The van der Waals surface area contributed by atoms with Crippen molar-refractivity contribution < 1.29 is 17.9 Å². The van der Waals surface area contributed by atoms with Crippen molar-refractivity contribution in [2.75, 3.05) is 19.0 Å². The number of anilines is 1. The van der Waals surface area contributed by atoms with E-state index in [0.29, 0.717) is 16.5 Å². The average Bonchev–Trinajstić information content (AvgIpc) is 2.57. The van der Waals surface area contributed by atoms with E-state index in [-0.39, 0.29) is 23.8 Å². The van der Waals surface area contributed by atoms with Crippen LogP contribution in [0.4, 0.5) is 5.69 Å². The molecule has 0 spiro atoms. The van der Waals surface area contributed by atoms with Gasteiger partial charge in [-0.1, -0.05) is 17.7 Å². The number of carbonyl (C=O) groups excluding carboxylic acids is 1. The minimum Gasteiger partial charge on any atom is -0.495 e. The Balaban J connectivity index is 1.91. The first-order chi connectivity index (χ1) is 12.2. The molecule has 2 rings (SSSR count). The first-order valence-electron chi connectivity index (χ1n) is 7.93.